The third-order valence-electron chi connectivity index (χ3n) is 4.37. The Hall–Kier alpha value is -3.74. The van der Waals surface area contributed by atoms with Crippen molar-refractivity contribution in [1.29, 1.82) is 0 Å². The Kier molecular flexibility index (Phi) is 8.25. The van der Waals surface area contributed by atoms with Gasteiger partial charge in [-0.05, 0) is 56.5 Å². The van der Waals surface area contributed by atoms with E-state index in [1.807, 2.05) is 32.9 Å². The van der Waals surface area contributed by atoms with Crippen LogP contribution in [0.25, 0.3) is 12.2 Å². The minimum Gasteiger partial charge on any atom is -0.508 e. The average Bonchev–Trinajstić information content (AvgIpc) is 2.72. The Balaban J connectivity index is 2.40. The number of carbonyl (C=O) groups excluding carboxylic acids is 1. The van der Waals surface area contributed by atoms with E-state index in [1.165, 1.54) is 12.7 Å². The van der Waals surface area contributed by atoms with Crippen LogP contribution in [0, 0.1) is 0 Å². The molecule has 0 spiro atoms. The number of methoxy groups -OCH3 is 1. The molecule has 0 aliphatic heterocycles. The summed E-state index contributed by atoms with van der Waals surface area (Å²) in [7, 11) is 1.43. The van der Waals surface area contributed by atoms with Gasteiger partial charge in [0.2, 0.25) is 0 Å². The van der Waals surface area contributed by atoms with Crippen LogP contribution < -0.4 is 14.8 Å². The van der Waals surface area contributed by atoms with E-state index in [0.29, 0.717) is 24.5 Å². The molecule has 2 aromatic carbocycles. The number of benzene rings is 2. The molecule has 164 valence electrons. The molecule has 3 N–H and O–H groups in total. The fraction of sp³-hybridized carbons (Fsp3) is 0.250. The van der Waals surface area contributed by atoms with Gasteiger partial charge in [-0.2, -0.15) is 0 Å². The predicted molar refractivity (Wildman–Crippen MR) is 121 cm³/mol. The molecule has 0 heterocycles. The molecule has 0 unspecified atom stereocenters. The number of allylic oxidation sites excluding steroid dienone is 2. The Morgan fingerprint density at radius 1 is 1.10 bits per heavy atom. The molecule has 31 heavy (non-hydrogen) atoms. The average molecular weight is 425 g/mol. The molecular formula is C24H27NO6. The van der Waals surface area contributed by atoms with Gasteiger partial charge in [-0.3, -0.25) is 4.79 Å². The van der Waals surface area contributed by atoms with Gasteiger partial charge in [-0.1, -0.05) is 29.9 Å². The molecule has 7 nitrogen and oxygen atoms in total. The molecule has 0 saturated heterocycles. The van der Waals surface area contributed by atoms with Gasteiger partial charge >= 0.3 is 11.9 Å². The van der Waals surface area contributed by atoms with Gasteiger partial charge in [0.1, 0.15) is 17.2 Å². The van der Waals surface area contributed by atoms with Crippen molar-refractivity contribution in [2.75, 3.05) is 19.0 Å². The fourth-order valence-electron chi connectivity index (χ4n) is 2.89. The summed E-state index contributed by atoms with van der Waals surface area (Å²) in [5.41, 5.74) is 3.96. The molecule has 0 fully saturated rings. The van der Waals surface area contributed by atoms with Crippen LogP contribution >= 0.6 is 0 Å². The summed E-state index contributed by atoms with van der Waals surface area (Å²) in [5.74, 6) is -1.66. The van der Waals surface area contributed by atoms with Crippen molar-refractivity contribution in [1.82, 2.24) is 0 Å². The number of aliphatic carboxylic acids is 1. The third kappa shape index (κ3) is 6.64. The number of carboxylic acids is 1. The lowest BCUT2D eigenvalue weighted by atomic mass is 10.00. The van der Waals surface area contributed by atoms with E-state index in [-0.39, 0.29) is 11.4 Å². The highest BCUT2D eigenvalue weighted by Gasteiger charge is 2.14. The number of rotatable bonds is 8. The second-order valence-corrected chi connectivity index (χ2v) is 6.98. The number of carbonyl (C=O) groups is 2. The number of ether oxygens (including phenoxy) is 2. The highest BCUT2D eigenvalue weighted by atomic mass is 16.5. The zero-order chi connectivity index (χ0) is 23.0. The third-order valence-corrected chi connectivity index (χ3v) is 4.37. The van der Waals surface area contributed by atoms with E-state index in [1.54, 1.807) is 30.3 Å². The first kappa shape index (κ1) is 23.5. The number of anilines is 1. The molecule has 0 aliphatic carbocycles. The van der Waals surface area contributed by atoms with Gasteiger partial charge < -0.3 is 25.0 Å². The van der Waals surface area contributed by atoms with Gasteiger partial charge in [0, 0.05) is 11.6 Å². The smallest absolute Gasteiger partial charge is 0.394 e. The Morgan fingerprint density at radius 2 is 1.84 bits per heavy atom. The zero-order valence-electron chi connectivity index (χ0n) is 18.1. The van der Waals surface area contributed by atoms with Crippen LogP contribution in [-0.4, -0.2) is 35.8 Å². The summed E-state index contributed by atoms with van der Waals surface area (Å²) in [6.45, 7) is 6.41. The fourth-order valence-corrected chi connectivity index (χ4v) is 2.89. The second-order valence-electron chi connectivity index (χ2n) is 6.98. The second kappa shape index (κ2) is 10.9. The van der Waals surface area contributed by atoms with Gasteiger partial charge in [0.05, 0.1) is 19.4 Å². The molecule has 1 amide bonds. The van der Waals surface area contributed by atoms with Crippen LogP contribution in [0.3, 0.4) is 0 Å². The number of aromatic hydroxyl groups is 1. The SMILES string of the molecule is CCOc1cc(O)cc(/C=C/c2ccc(NC(=O)C(=O)O)c(OC)c2)c1CC=C(C)C. The number of hydrogen-bond acceptors (Lipinski definition) is 5. The maximum atomic E-state index is 11.4. The number of amides is 1. The summed E-state index contributed by atoms with van der Waals surface area (Å²) in [5, 5.41) is 21.2. The largest absolute Gasteiger partial charge is 0.508 e. The number of hydrogen-bond donors (Lipinski definition) is 3. The quantitative estimate of drug-likeness (QED) is 0.327. The van der Waals surface area contributed by atoms with E-state index in [2.05, 4.69) is 11.4 Å². The highest BCUT2D eigenvalue weighted by Crippen LogP contribution is 2.32. The number of carboxylic acid groups (broad SMARTS) is 1. The minimum absolute atomic E-state index is 0.105. The van der Waals surface area contributed by atoms with Crippen molar-refractivity contribution < 1.29 is 29.3 Å². The van der Waals surface area contributed by atoms with E-state index in [0.717, 1.165) is 16.7 Å². The Bertz CT molecular complexity index is 1020. The van der Waals surface area contributed by atoms with Gasteiger partial charge in [0.25, 0.3) is 0 Å². The maximum Gasteiger partial charge on any atom is 0.394 e. The lowest BCUT2D eigenvalue weighted by molar-refractivity contribution is -0.147. The molecule has 0 saturated carbocycles. The van der Waals surface area contributed by atoms with Crippen LogP contribution in [0.4, 0.5) is 5.69 Å². The van der Waals surface area contributed by atoms with Crippen molar-refractivity contribution >= 4 is 29.7 Å². The van der Waals surface area contributed by atoms with Crippen molar-refractivity contribution in [3.05, 3.63) is 58.7 Å². The lowest BCUT2D eigenvalue weighted by Crippen LogP contribution is -2.22. The molecular weight excluding hydrogens is 398 g/mol. The van der Waals surface area contributed by atoms with E-state index in [4.69, 9.17) is 14.6 Å². The van der Waals surface area contributed by atoms with Crippen LogP contribution in [0.1, 0.15) is 37.5 Å². The monoisotopic (exact) mass is 425 g/mol. The van der Waals surface area contributed by atoms with Crippen molar-refractivity contribution in [3.63, 3.8) is 0 Å². The van der Waals surface area contributed by atoms with Crippen LogP contribution in [0.2, 0.25) is 0 Å². The Morgan fingerprint density at radius 3 is 2.45 bits per heavy atom. The summed E-state index contributed by atoms with van der Waals surface area (Å²) < 4.78 is 11.0. The van der Waals surface area contributed by atoms with Crippen molar-refractivity contribution in [2.24, 2.45) is 0 Å². The van der Waals surface area contributed by atoms with E-state index in [9.17, 15) is 14.7 Å². The van der Waals surface area contributed by atoms with E-state index < -0.39 is 11.9 Å². The molecule has 2 aromatic rings. The van der Waals surface area contributed by atoms with Crippen LogP contribution in [-0.2, 0) is 16.0 Å². The van der Waals surface area contributed by atoms with Crippen LogP contribution in [0.15, 0.2) is 42.0 Å². The summed E-state index contributed by atoms with van der Waals surface area (Å²) in [6.07, 6.45) is 6.44. The van der Waals surface area contributed by atoms with Crippen LogP contribution in [0.5, 0.6) is 17.2 Å². The summed E-state index contributed by atoms with van der Waals surface area (Å²) in [6, 6.07) is 8.25. The molecule has 7 heteroatoms. The molecule has 0 bridgehead atoms. The maximum absolute atomic E-state index is 11.4. The standard InChI is InChI=1S/C24H27NO6/c1-5-31-21-14-18(26)13-17(19(21)10-6-15(2)3)9-7-16-8-11-20(22(12-16)30-4)25-23(27)24(28)29/h6-9,11-14,26H,5,10H2,1-4H3,(H,25,27)(H,28,29)/b9-7+. The topological polar surface area (TPSA) is 105 Å². The first-order valence-electron chi connectivity index (χ1n) is 9.77. The number of phenols is 1. The van der Waals surface area contributed by atoms with E-state index >= 15 is 0 Å². The normalized spacial score (nSPS) is 10.6. The molecule has 2 rings (SSSR count). The van der Waals surface area contributed by atoms with Gasteiger partial charge in [0.15, 0.2) is 0 Å². The zero-order valence-corrected chi connectivity index (χ0v) is 18.1. The highest BCUT2D eigenvalue weighted by molar-refractivity contribution is 6.36. The Labute approximate surface area is 181 Å². The van der Waals surface area contributed by atoms with Gasteiger partial charge in [-0.15, -0.1) is 0 Å². The first-order chi connectivity index (χ1) is 14.7. The first-order valence-corrected chi connectivity index (χ1v) is 9.77. The molecule has 0 aromatic heterocycles. The summed E-state index contributed by atoms with van der Waals surface area (Å²) in [4.78, 5) is 22.2. The number of nitrogens with one attached hydrogen (secondary N) is 1. The summed E-state index contributed by atoms with van der Waals surface area (Å²) >= 11 is 0. The molecule has 0 atom stereocenters. The van der Waals surface area contributed by atoms with Crippen molar-refractivity contribution in [2.45, 2.75) is 27.2 Å². The number of phenolic OH excluding ortho intramolecular Hbond substituents is 1. The molecule has 0 radical (unpaired) electrons. The predicted octanol–water partition coefficient (Wildman–Crippen LogP) is 4.50. The van der Waals surface area contributed by atoms with Gasteiger partial charge in [-0.25, -0.2) is 4.79 Å². The lowest BCUT2D eigenvalue weighted by Gasteiger charge is -2.13. The minimum atomic E-state index is -1.58. The van der Waals surface area contributed by atoms with Crippen molar-refractivity contribution in [3.8, 4) is 17.2 Å². The molecule has 0 aliphatic rings.